The van der Waals surface area contributed by atoms with Crippen molar-refractivity contribution in [3.8, 4) is 0 Å². The Kier molecular flexibility index (Phi) is 4.97. The molecule has 108 valence electrons. The standard InChI is InChI=1S/C15H26N2O2/c1-2-4-11-7-8-12(10-16)13(9-11)17-14(18)5-3-6-15(17)19/h11-13H,2-10,16H2,1H3. The molecule has 1 saturated carbocycles. The number of amides is 2. The van der Waals surface area contributed by atoms with E-state index in [0.717, 1.165) is 12.8 Å². The molecule has 1 aliphatic heterocycles. The number of likely N-dealkylation sites (tertiary alicyclic amines) is 1. The average molecular weight is 266 g/mol. The van der Waals surface area contributed by atoms with Crippen molar-refractivity contribution in [3.05, 3.63) is 0 Å². The zero-order chi connectivity index (χ0) is 13.8. The van der Waals surface area contributed by atoms with Crippen molar-refractivity contribution >= 4 is 11.8 Å². The van der Waals surface area contributed by atoms with E-state index in [4.69, 9.17) is 5.73 Å². The van der Waals surface area contributed by atoms with E-state index in [1.807, 2.05) is 0 Å². The SMILES string of the molecule is CCCC1CCC(CN)C(N2C(=O)CCCC2=O)C1. The van der Waals surface area contributed by atoms with Crippen molar-refractivity contribution in [1.29, 1.82) is 0 Å². The summed E-state index contributed by atoms with van der Waals surface area (Å²) < 4.78 is 0. The molecule has 2 aliphatic rings. The fraction of sp³-hybridized carbons (Fsp3) is 0.867. The van der Waals surface area contributed by atoms with Crippen LogP contribution in [-0.2, 0) is 9.59 Å². The molecule has 0 radical (unpaired) electrons. The number of imide groups is 1. The first-order chi connectivity index (χ1) is 9.17. The molecule has 4 nitrogen and oxygen atoms in total. The number of carbonyl (C=O) groups excluding carboxylic acids is 2. The Morgan fingerprint density at radius 2 is 1.89 bits per heavy atom. The van der Waals surface area contributed by atoms with E-state index in [0.29, 0.717) is 37.6 Å². The molecular weight excluding hydrogens is 240 g/mol. The normalized spacial score (nSPS) is 32.7. The van der Waals surface area contributed by atoms with Crippen molar-refractivity contribution in [2.75, 3.05) is 6.54 Å². The number of piperidine rings is 1. The number of hydrogen-bond donors (Lipinski definition) is 1. The van der Waals surface area contributed by atoms with Crippen LogP contribution in [0.5, 0.6) is 0 Å². The van der Waals surface area contributed by atoms with E-state index in [9.17, 15) is 9.59 Å². The average Bonchev–Trinajstić information content (AvgIpc) is 2.39. The lowest BCUT2D eigenvalue weighted by Crippen LogP contribution is -2.53. The van der Waals surface area contributed by atoms with E-state index in [1.165, 1.54) is 19.3 Å². The third kappa shape index (κ3) is 3.16. The van der Waals surface area contributed by atoms with Crippen LogP contribution in [0.3, 0.4) is 0 Å². The first-order valence-electron chi connectivity index (χ1n) is 7.72. The minimum absolute atomic E-state index is 0.0249. The molecule has 0 spiro atoms. The van der Waals surface area contributed by atoms with E-state index in [1.54, 1.807) is 4.90 Å². The third-order valence-corrected chi connectivity index (χ3v) is 4.71. The molecule has 0 bridgehead atoms. The molecule has 2 N–H and O–H groups in total. The predicted octanol–water partition coefficient (Wildman–Crippen LogP) is 2.07. The molecule has 2 amide bonds. The molecule has 0 aromatic carbocycles. The van der Waals surface area contributed by atoms with Crippen molar-refractivity contribution < 1.29 is 9.59 Å². The van der Waals surface area contributed by atoms with Gasteiger partial charge in [0.2, 0.25) is 11.8 Å². The van der Waals surface area contributed by atoms with Crippen LogP contribution in [0.25, 0.3) is 0 Å². The number of rotatable bonds is 4. The Morgan fingerprint density at radius 1 is 1.21 bits per heavy atom. The van der Waals surface area contributed by atoms with Gasteiger partial charge < -0.3 is 5.73 Å². The highest BCUT2D eigenvalue weighted by Gasteiger charge is 2.39. The zero-order valence-corrected chi connectivity index (χ0v) is 11.9. The van der Waals surface area contributed by atoms with Crippen LogP contribution in [0.15, 0.2) is 0 Å². The van der Waals surface area contributed by atoms with Gasteiger partial charge in [-0.2, -0.15) is 0 Å². The molecule has 0 aromatic heterocycles. The number of carbonyl (C=O) groups is 2. The van der Waals surface area contributed by atoms with E-state index < -0.39 is 0 Å². The molecule has 3 atom stereocenters. The molecular formula is C15H26N2O2. The van der Waals surface area contributed by atoms with Crippen LogP contribution in [0.2, 0.25) is 0 Å². The van der Waals surface area contributed by atoms with E-state index >= 15 is 0 Å². The zero-order valence-electron chi connectivity index (χ0n) is 11.9. The molecule has 2 rings (SSSR count). The van der Waals surface area contributed by atoms with Crippen molar-refractivity contribution in [1.82, 2.24) is 4.90 Å². The van der Waals surface area contributed by atoms with Crippen LogP contribution >= 0.6 is 0 Å². The summed E-state index contributed by atoms with van der Waals surface area (Å²) in [5, 5.41) is 0. The second-order valence-corrected chi connectivity index (χ2v) is 6.04. The molecule has 2 fully saturated rings. The van der Waals surface area contributed by atoms with Gasteiger partial charge in [-0.3, -0.25) is 14.5 Å². The van der Waals surface area contributed by atoms with Gasteiger partial charge in [-0.25, -0.2) is 0 Å². The highest BCUT2D eigenvalue weighted by molar-refractivity contribution is 5.97. The molecule has 0 aromatic rings. The Bertz CT molecular complexity index is 327. The first kappa shape index (κ1) is 14.5. The highest BCUT2D eigenvalue weighted by atomic mass is 16.2. The Labute approximate surface area is 115 Å². The lowest BCUT2D eigenvalue weighted by molar-refractivity contribution is -0.153. The van der Waals surface area contributed by atoms with Gasteiger partial charge in [-0.1, -0.05) is 19.8 Å². The van der Waals surface area contributed by atoms with Crippen LogP contribution in [0.4, 0.5) is 0 Å². The van der Waals surface area contributed by atoms with Gasteiger partial charge in [-0.15, -0.1) is 0 Å². The summed E-state index contributed by atoms with van der Waals surface area (Å²) in [4.78, 5) is 25.8. The predicted molar refractivity (Wildman–Crippen MR) is 74.3 cm³/mol. The summed E-state index contributed by atoms with van der Waals surface area (Å²) >= 11 is 0. The monoisotopic (exact) mass is 266 g/mol. The number of hydrogen-bond acceptors (Lipinski definition) is 3. The topological polar surface area (TPSA) is 63.4 Å². The van der Waals surface area contributed by atoms with Crippen LogP contribution in [0, 0.1) is 11.8 Å². The fourth-order valence-electron chi connectivity index (χ4n) is 3.70. The molecule has 19 heavy (non-hydrogen) atoms. The quantitative estimate of drug-likeness (QED) is 0.792. The number of nitrogens with two attached hydrogens (primary N) is 1. The van der Waals surface area contributed by atoms with E-state index in [2.05, 4.69) is 6.92 Å². The Hall–Kier alpha value is -0.900. The van der Waals surface area contributed by atoms with Crippen LogP contribution in [-0.4, -0.2) is 29.3 Å². The lowest BCUT2D eigenvalue weighted by atomic mass is 9.75. The first-order valence-corrected chi connectivity index (χ1v) is 7.72. The van der Waals surface area contributed by atoms with E-state index in [-0.39, 0.29) is 17.9 Å². The molecule has 1 aliphatic carbocycles. The molecule has 4 heteroatoms. The van der Waals surface area contributed by atoms with Gasteiger partial charge in [-0.05, 0) is 44.1 Å². The lowest BCUT2D eigenvalue weighted by Gasteiger charge is -2.42. The summed E-state index contributed by atoms with van der Waals surface area (Å²) in [6.07, 6.45) is 7.36. The van der Waals surface area contributed by atoms with Crippen LogP contribution < -0.4 is 5.73 Å². The van der Waals surface area contributed by atoms with Gasteiger partial charge in [0.15, 0.2) is 0 Å². The van der Waals surface area contributed by atoms with Crippen LogP contribution in [0.1, 0.15) is 58.3 Å². The fourth-order valence-corrected chi connectivity index (χ4v) is 3.70. The highest BCUT2D eigenvalue weighted by Crippen LogP contribution is 2.35. The molecule has 1 heterocycles. The number of nitrogens with zero attached hydrogens (tertiary/aromatic N) is 1. The largest absolute Gasteiger partial charge is 0.330 e. The maximum Gasteiger partial charge on any atom is 0.229 e. The molecule has 3 unspecified atom stereocenters. The Balaban J connectivity index is 2.12. The van der Waals surface area contributed by atoms with Gasteiger partial charge in [0, 0.05) is 18.9 Å². The maximum absolute atomic E-state index is 12.1. The van der Waals surface area contributed by atoms with Crippen molar-refractivity contribution in [3.63, 3.8) is 0 Å². The summed E-state index contributed by atoms with van der Waals surface area (Å²) in [5.74, 6) is 1.01. The summed E-state index contributed by atoms with van der Waals surface area (Å²) in [7, 11) is 0. The summed E-state index contributed by atoms with van der Waals surface area (Å²) in [6, 6.07) is 0.0654. The summed E-state index contributed by atoms with van der Waals surface area (Å²) in [5.41, 5.74) is 5.86. The second-order valence-electron chi connectivity index (χ2n) is 6.04. The third-order valence-electron chi connectivity index (χ3n) is 4.71. The summed E-state index contributed by atoms with van der Waals surface area (Å²) in [6.45, 7) is 2.78. The maximum atomic E-state index is 12.1. The van der Waals surface area contributed by atoms with Crippen molar-refractivity contribution in [2.45, 2.75) is 64.3 Å². The minimum atomic E-state index is 0.0249. The second kappa shape index (κ2) is 6.51. The van der Waals surface area contributed by atoms with Gasteiger partial charge in [0.25, 0.3) is 0 Å². The minimum Gasteiger partial charge on any atom is -0.330 e. The van der Waals surface area contributed by atoms with Gasteiger partial charge in [0.05, 0.1) is 0 Å². The van der Waals surface area contributed by atoms with Crippen molar-refractivity contribution in [2.24, 2.45) is 17.6 Å². The molecule has 1 saturated heterocycles. The van der Waals surface area contributed by atoms with Gasteiger partial charge in [0.1, 0.15) is 0 Å². The van der Waals surface area contributed by atoms with Gasteiger partial charge >= 0.3 is 0 Å². The smallest absolute Gasteiger partial charge is 0.229 e. The Morgan fingerprint density at radius 3 is 2.47 bits per heavy atom.